The summed E-state index contributed by atoms with van der Waals surface area (Å²) in [6.45, 7) is 0. The average molecular weight is 644 g/mol. The lowest BCUT2D eigenvalue weighted by atomic mass is 10.1. The third-order valence-electron chi connectivity index (χ3n) is 8.92. The molecule has 0 spiro atoms. The van der Waals surface area contributed by atoms with Crippen molar-refractivity contribution in [3.05, 3.63) is 158 Å². The summed E-state index contributed by atoms with van der Waals surface area (Å²) in [5.41, 5.74) is 7.77. The molecule has 236 valence electrons. The average Bonchev–Trinajstić information content (AvgIpc) is 3.48. The largest absolute Gasteiger partial charge is 0.344 e. The van der Waals surface area contributed by atoms with Crippen molar-refractivity contribution >= 4 is 21.8 Å². The Balaban J connectivity index is 1.21. The van der Waals surface area contributed by atoms with Crippen LogP contribution in [0.3, 0.4) is 0 Å². The number of aromatic nitrogens is 7. The fourth-order valence-electron chi connectivity index (χ4n) is 6.37. The molecule has 0 aliphatic heterocycles. The molecule has 0 N–H and O–H groups in total. The minimum atomic E-state index is 0.616. The van der Waals surface area contributed by atoms with Gasteiger partial charge in [-0.15, -0.1) is 0 Å². The molecular weight excluding hydrogens is 615 g/mol. The number of nitrogens with zero attached hydrogens (tertiary/aromatic N) is 7. The standard InChI is InChI=1S/C43H29N7/c1-50-36-24-22-32(42-46-38(28-14-6-2-7-15-28)44-39(47-42)29-16-8-3-9-17-29)26-34(36)35-27-33(23-25-37(35)50)43-48-40(30-18-10-4-11-19-30)45-41(49-43)31-20-12-5-13-21-31/h2-27H,1H3. The first-order valence-electron chi connectivity index (χ1n) is 16.4. The first-order valence-corrected chi connectivity index (χ1v) is 16.4. The molecule has 0 aliphatic carbocycles. The second kappa shape index (κ2) is 12.3. The third-order valence-corrected chi connectivity index (χ3v) is 8.92. The summed E-state index contributed by atoms with van der Waals surface area (Å²) in [4.78, 5) is 29.7. The van der Waals surface area contributed by atoms with Gasteiger partial charge in [-0.05, 0) is 36.4 Å². The molecule has 3 aromatic heterocycles. The number of fused-ring (bicyclic) bond motifs is 3. The normalized spacial score (nSPS) is 11.3. The highest BCUT2D eigenvalue weighted by Crippen LogP contribution is 2.35. The van der Waals surface area contributed by atoms with Crippen LogP contribution >= 0.6 is 0 Å². The summed E-state index contributed by atoms with van der Waals surface area (Å²) in [6, 6.07) is 53.0. The van der Waals surface area contributed by atoms with Crippen molar-refractivity contribution in [3.63, 3.8) is 0 Å². The van der Waals surface area contributed by atoms with Gasteiger partial charge < -0.3 is 4.57 Å². The van der Waals surface area contributed by atoms with Crippen LogP contribution in [0.15, 0.2) is 158 Å². The van der Waals surface area contributed by atoms with Crippen molar-refractivity contribution in [2.45, 2.75) is 0 Å². The molecule has 7 nitrogen and oxygen atoms in total. The molecule has 0 bridgehead atoms. The molecule has 0 unspecified atom stereocenters. The second-order valence-electron chi connectivity index (χ2n) is 12.1. The Kier molecular flexibility index (Phi) is 7.21. The van der Waals surface area contributed by atoms with Crippen LogP contribution in [0.2, 0.25) is 0 Å². The van der Waals surface area contributed by atoms with E-state index in [1.165, 1.54) is 0 Å². The van der Waals surface area contributed by atoms with Gasteiger partial charge in [0.05, 0.1) is 0 Å². The van der Waals surface area contributed by atoms with Crippen LogP contribution in [0.4, 0.5) is 0 Å². The second-order valence-corrected chi connectivity index (χ2v) is 12.1. The monoisotopic (exact) mass is 643 g/mol. The highest BCUT2D eigenvalue weighted by Gasteiger charge is 2.17. The number of benzene rings is 6. The van der Waals surface area contributed by atoms with Crippen molar-refractivity contribution in [3.8, 4) is 68.3 Å². The van der Waals surface area contributed by atoms with Crippen LogP contribution in [-0.4, -0.2) is 34.5 Å². The molecule has 7 heteroatoms. The molecule has 0 amide bonds. The number of hydrogen-bond donors (Lipinski definition) is 0. The molecule has 0 saturated carbocycles. The van der Waals surface area contributed by atoms with Gasteiger partial charge >= 0.3 is 0 Å². The maximum Gasteiger partial charge on any atom is 0.164 e. The zero-order chi connectivity index (χ0) is 33.4. The number of hydrogen-bond acceptors (Lipinski definition) is 6. The van der Waals surface area contributed by atoms with Crippen molar-refractivity contribution < 1.29 is 0 Å². The lowest BCUT2D eigenvalue weighted by Gasteiger charge is -2.09. The predicted molar refractivity (Wildman–Crippen MR) is 200 cm³/mol. The molecule has 9 aromatic rings. The number of rotatable bonds is 6. The highest BCUT2D eigenvalue weighted by molar-refractivity contribution is 6.10. The lowest BCUT2D eigenvalue weighted by molar-refractivity contribution is 1.01. The molecule has 0 atom stereocenters. The van der Waals surface area contributed by atoms with Gasteiger partial charge in [-0.3, -0.25) is 0 Å². The van der Waals surface area contributed by atoms with Gasteiger partial charge in [0.2, 0.25) is 0 Å². The van der Waals surface area contributed by atoms with E-state index in [2.05, 4.69) is 48.0 Å². The minimum absolute atomic E-state index is 0.616. The van der Waals surface area contributed by atoms with E-state index in [9.17, 15) is 0 Å². The van der Waals surface area contributed by atoms with Gasteiger partial charge in [-0.2, -0.15) is 0 Å². The van der Waals surface area contributed by atoms with Crippen LogP contribution in [0, 0.1) is 0 Å². The first kappa shape index (κ1) is 29.3. The zero-order valence-corrected chi connectivity index (χ0v) is 27.1. The summed E-state index contributed by atoms with van der Waals surface area (Å²) >= 11 is 0. The van der Waals surface area contributed by atoms with Crippen LogP contribution in [0.1, 0.15) is 0 Å². The molecule has 0 aliphatic rings. The van der Waals surface area contributed by atoms with Crippen LogP contribution in [-0.2, 0) is 7.05 Å². The van der Waals surface area contributed by atoms with E-state index in [4.69, 9.17) is 29.9 Å². The Bertz CT molecular complexity index is 2340. The summed E-state index contributed by atoms with van der Waals surface area (Å²) in [6.07, 6.45) is 0. The first-order chi connectivity index (χ1) is 24.7. The van der Waals surface area contributed by atoms with E-state index in [1.807, 2.05) is 121 Å². The molecule has 0 saturated heterocycles. The smallest absolute Gasteiger partial charge is 0.164 e. The Morgan fingerprint density at radius 3 is 0.840 bits per heavy atom. The topological polar surface area (TPSA) is 82.3 Å². The summed E-state index contributed by atoms with van der Waals surface area (Å²) < 4.78 is 2.22. The summed E-state index contributed by atoms with van der Waals surface area (Å²) in [5, 5.41) is 2.18. The van der Waals surface area contributed by atoms with Crippen molar-refractivity contribution in [2.24, 2.45) is 7.05 Å². The molecule has 50 heavy (non-hydrogen) atoms. The van der Waals surface area contributed by atoms with Crippen LogP contribution in [0.5, 0.6) is 0 Å². The SMILES string of the molecule is Cn1c2ccc(-c3nc(-c4ccccc4)nc(-c4ccccc4)n3)cc2c2cc(-c3nc(-c4ccccc4)nc(-c4ccccc4)n3)ccc21. The predicted octanol–water partition coefficient (Wildman–Crippen LogP) is 9.70. The summed E-state index contributed by atoms with van der Waals surface area (Å²) in [5.74, 6) is 3.76. The fourth-order valence-corrected chi connectivity index (χ4v) is 6.37. The van der Waals surface area contributed by atoms with Crippen LogP contribution in [0.25, 0.3) is 90.1 Å². The maximum absolute atomic E-state index is 4.98. The van der Waals surface area contributed by atoms with Crippen molar-refractivity contribution in [2.75, 3.05) is 0 Å². The molecule has 9 rings (SSSR count). The molecule has 6 aromatic carbocycles. The van der Waals surface area contributed by atoms with Gasteiger partial charge in [0.15, 0.2) is 34.9 Å². The van der Waals surface area contributed by atoms with E-state index in [0.717, 1.165) is 55.2 Å². The molecular formula is C43H29N7. The van der Waals surface area contributed by atoms with E-state index in [1.54, 1.807) is 0 Å². The molecule has 0 fully saturated rings. The Labute approximate surface area is 288 Å². The van der Waals surface area contributed by atoms with E-state index < -0.39 is 0 Å². The van der Waals surface area contributed by atoms with E-state index in [0.29, 0.717) is 34.9 Å². The summed E-state index contributed by atoms with van der Waals surface area (Å²) in [7, 11) is 2.10. The quantitative estimate of drug-likeness (QED) is 0.179. The van der Waals surface area contributed by atoms with Crippen molar-refractivity contribution in [1.29, 1.82) is 0 Å². The number of aryl methyl sites for hydroxylation is 1. The van der Waals surface area contributed by atoms with E-state index >= 15 is 0 Å². The van der Waals surface area contributed by atoms with Gasteiger partial charge in [-0.25, -0.2) is 29.9 Å². The highest BCUT2D eigenvalue weighted by atomic mass is 15.0. The van der Waals surface area contributed by atoms with E-state index in [-0.39, 0.29) is 0 Å². The van der Waals surface area contributed by atoms with Gasteiger partial charge in [-0.1, -0.05) is 121 Å². The van der Waals surface area contributed by atoms with Gasteiger partial charge in [0, 0.05) is 62.2 Å². The minimum Gasteiger partial charge on any atom is -0.344 e. The molecule has 0 radical (unpaired) electrons. The van der Waals surface area contributed by atoms with Gasteiger partial charge in [0.25, 0.3) is 0 Å². The zero-order valence-electron chi connectivity index (χ0n) is 27.1. The lowest BCUT2D eigenvalue weighted by Crippen LogP contribution is -2.00. The Hall–Kier alpha value is -6.86. The fraction of sp³-hybridized carbons (Fsp3) is 0.0233. The maximum atomic E-state index is 4.98. The molecule has 3 heterocycles. The van der Waals surface area contributed by atoms with Gasteiger partial charge in [0.1, 0.15) is 0 Å². The Morgan fingerprint density at radius 2 is 0.560 bits per heavy atom. The van der Waals surface area contributed by atoms with Crippen molar-refractivity contribution in [1.82, 2.24) is 34.5 Å². The Morgan fingerprint density at radius 1 is 0.300 bits per heavy atom. The van der Waals surface area contributed by atoms with Crippen LogP contribution < -0.4 is 0 Å². The third kappa shape index (κ3) is 5.37.